The second kappa shape index (κ2) is 10.6. The van der Waals surface area contributed by atoms with E-state index in [0.717, 1.165) is 29.7 Å². The fourth-order valence-electron chi connectivity index (χ4n) is 5.94. The van der Waals surface area contributed by atoms with Crippen LogP contribution < -0.4 is 5.32 Å². The van der Waals surface area contributed by atoms with E-state index in [1.165, 1.54) is 6.92 Å². The molecule has 1 aliphatic rings. The van der Waals surface area contributed by atoms with E-state index in [0.29, 0.717) is 19.4 Å². The van der Waals surface area contributed by atoms with E-state index >= 15 is 0 Å². The molecule has 4 atom stereocenters. The van der Waals surface area contributed by atoms with Crippen LogP contribution in [-0.4, -0.2) is 35.6 Å². The molecule has 4 unspecified atom stereocenters. The topological polar surface area (TPSA) is 80.4 Å². The molecule has 180 valence electrons. The Morgan fingerprint density at radius 2 is 1.85 bits per heavy atom. The van der Waals surface area contributed by atoms with Gasteiger partial charge in [-0.25, -0.2) is 0 Å². The van der Waals surface area contributed by atoms with Crippen LogP contribution in [-0.2, 0) is 32.1 Å². The van der Waals surface area contributed by atoms with Crippen molar-refractivity contribution >= 4 is 11.9 Å². The average Bonchev–Trinajstić information content (AvgIpc) is 3.37. The van der Waals surface area contributed by atoms with Crippen LogP contribution in [0.25, 0.3) is 0 Å². The number of hydrogen-bond acceptors (Lipinski definition) is 5. The standard InChI is InChI=1S/C27H38N2O4/c1-6-23(33-20(5)30)27(8-3)18-29-24(25(31)32-17-21-12-10-9-11-13-21)26(27,7-2)16-22-19(4)14-15-28-22/h9-15,23-24,28-29H,6-8,16-18H2,1-5H3. The highest BCUT2D eigenvalue weighted by Gasteiger charge is 2.64. The normalized spacial score (nSPS) is 25.5. The molecule has 6 nitrogen and oxygen atoms in total. The minimum Gasteiger partial charge on any atom is -0.462 e. The maximum absolute atomic E-state index is 13.5. The van der Waals surface area contributed by atoms with E-state index < -0.39 is 16.9 Å². The summed E-state index contributed by atoms with van der Waals surface area (Å²) < 4.78 is 11.7. The number of benzene rings is 1. The van der Waals surface area contributed by atoms with Crippen molar-refractivity contribution in [1.82, 2.24) is 10.3 Å². The highest BCUT2D eigenvalue weighted by molar-refractivity contribution is 5.78. The van der Waals surface area contributed by atoms with Crippen LogP contribution in [0.4, 0.5) is 0 Å². The number of ether oxygens (including phenoxy) is 2. The predicted molar refractivity (Wildman–Crippen MR) is 129 cm³/mol. The third-order valence-electron chi connectivity index (χ3n) is 7.74. The third-order valence-corrected chi connectivity index (χ3v) is 7.74. The number of hydrogen-bond donors (Lipinski definition) is 2. The Bertz CT molecular complexity index is 941. The summed E-state index contributed by atoms with van der Waals surface area (Å²) in [7, 11) is 0. The van der Waals surface area contributed by atoms with Crippen LogP contribution >= 0.6 is 0 Å². The van der Waals surface area contributed by atoms with Gasteiger partial charge in [0.05, 0.1) is 0 Å². The molecule has 33 heavy (non-hydrogen) atoms. The number of H-pyrrole nitrogens is 1. The predicted octanol–water partition coefficient (Wildman–Crippen LogP) is 4.72. The molecule has 1 aromatic carbocycles. The third kappa shape index (κ3) is 4.72. The minimum absolute atomic E-state index is 0.236. The number of aromatic nitrogens is 1. The molecule has 1 fully saturated rings. The molecule has 0 amide bonds. The first kappa shape index (κ1) is 25.0. The summed E-state index contributed by atoms with van der Waals surface area (Å²) in [4.78, 5) is 29.0. The first-order valence-corrected chi connectivity index (χ1v) is 12.1. The first-order chi connectivity index (χ1) is 15.8. The smallest absolute Gasteiger partial charge is 0.324 e. The van der Waals surface area contributed by atoms with Crippen molar-refractivity contribution in [3.05, 3.63) is 59.4 Å². The average molecular weight is 455 g/mol. The zero-order valence-electron chi connectivity index (χ0n) is 20.6. The fourth-order valence-corrected chi connectivity index (χ4v) is 5.94. The lowest BCUT2D eigenvalue weighted by atomic mass is 9.54. The molecule has 3 rings (SSSR count). The van der Waals surface area contributed by atoms with Crippen LogP contribution in [0, 0.1) is 17.8 Å². The Labute approximate surface area is 197 Å². The van der Waals surface area contributed by atoms with Gasteiger partial charge < -0.3 is 19.8 Å². The van der Waals surface area contributed by atoms with Crippen molar-refractivity contribution < 1.29 is 19.1 Å². The maximum atomic E-state index is 13.5. The molecule has 1 saturated heterocycles. The quantitative estimate of drug-likeness (QED) is 0.508. The van der Waals surface area contributed by atoms with Gasteiger partial charge in [0.2, 0.25) is 0 Å². The van der Waals surface area contributed by atoms with Crippen LogP contribution in [0.15, 0.2) is 42.6 Å². The molecule has 0 bridgehead atoms. The largest absolute Gasteiger partial charge is 0.462 e. The highest BCUT2D eigenvalue weighted by Crippen LogP contribution is 2.57. The summed E-state index contributed by atoms with van der Waals surface area (Å²) in [5, 5.41) is 3.52. The van der Waals surface area contributed by atoms with Crippen molar-refractivity contribution in [2.24, 2.45) is 10.8 Å². The van der Waals surface area contributed by atoms with E-state index in [1.807, 2.05) is 43.5 Å². The molecule has 1 aromatic heterocycles. The van der Waals surface area contributed by atoms with Gasteiger partial charge in [0.15, 0.2) is 0 Å². The molecule has 1 aliphatic heterocycles. The summed E-state index contributed by atoms with van der Waals surface area (Å²) >= 11 is 0. The van der Waals surface area contributed by atoms with Crippen LogP contribution in [0.2, 0.25) is 0 Å². The van der Waals surface area contributed by atoms with Crippen LogP contribution in [0.3, 0.4) is 0 Å². The monoisotopic (exact) mass is 454 g/mol. The first-order valence-electron chi connectivity index (χ1n) is 12.1. The van der Waals surface area contributed by atoms with Gasteiger partial charge in [-0.15, -0.1) is 0 Å². The molecule has 2 heterocycles. The fraction of sp³-hybridized carbons (Fsp3) is 0.556. The van der Waals surface area contributed by atoms with Crippen LogP contribution in [0.1, 0.15) is 63.8 Å². The van der Waals surface area contributed by atoms with Crippen LogP contribution in [0.5, 0.6) is 0 Å². The summed E-state index contributed by atoms with van der Waals surface area (Å²) in [5.41, 5.74) is 2.34. The van der Waals surface area contributed by atoms with Gasteiger partial charge in [0.1, 0.15) is 18.8 Å². The van der Waals surface area contributed by atoms with Gasteiger partial charge in [-0.3, -0.25) is 9.59 Å². The van der Waals surface area contributed by atoms with Crippen molar-refractivity contribution in [3.63, 3.8) is 0 Å². The van der Waals surface area contributed by atoms with Crippen molar-refractivity contribution in [2.45, 2.75) is 79.1 Å². The molecule has 2 N–H and O–H groups in total. The van der Waals surface area contributed by atoms with E-state index in [1.54, 1.807) is 0 Å². The summed E-state index contributed by atoms with van der Waals surface area (Å²) in [5.74, 6) is -0.538. The summed E-state index contributed by atoms with van der Waals surface area (Å²) in [6.45, 7) is 10.7. The zero-order valence-corrected chi connectivity index (χ0v) is 20.6. The Morgan fingerprint density at radius 1 is 1.12 bits per heavy atom. The lowest BCUT2D eigenvalue weighted by Gasteiger charge is -2.50. The number of carbonyl (C=O) groups is 2. The Morgan fingerprint density at radius 3 is 2.39 bits per heavy atom. The van der Waals surface area contributed by atoms with Crippen molar-refractivity contribution in [3.8, 4) is 0 Å². The number of aromatic amines is 1. The van der Waals surface area contributed by atoms with E-state index in [-0.39, 0.29) is 24.6 Å². The number of rotatable bonds is 10. The SMILES string of the molecule is CCC(OC(C)=O)C1(CC)CNC(C(=O)OCc2ccccc2)C1(CC)Cc1[nH]ccc1C. The van der Waals surface area contributed by atoms with Gasteiger partial charge in [0.25, 0.3) is 0 Å². The van der Waals surface area contributed by atoms with Gasteiger partial charge in [-0.1, -0.05) is 51.1 Å². The maximum Gasteiger partial charge on any atom is 0.324 e. The second-order valence-electron chi connectivity index (χ2n) is 9.25. The van der Waals surface area contributed by atoms with E-state index in [9.17, 15) is 9.59 Å². The molecule has 0 saturated carbocycles. The zero-order chi connectivity index (χ0) is 24.1. The molecular weight excluding hydrogens is 416 g/mol. The Kier molecular flexibility index (Phi) is 8.01. The second-order valence-corrected chi connectivity index (χ2v) is 9.25. The number of esters is 2. The lowest BCUT2D eigenvalue weighted by molar-refractivity contribution is -0.165. The van der Waals surface area contributed by atoms with Crippen molar-refractivity contribution in [1.29, 1.82) is 0 Å². The van der Waals surface area contributed by atoms with Gasteiger partial charge in [0, 0.05) is 36.2 Å². The number of aryl methyl sites for hydroxylation is 1. The molecule has 0 radical (unpaired) electrons. The van der Waals surface area contributed by atoms with Crippen molar-refractivity contribution in [2.75, 3.05) is 6.54 Å². The van der Waals surface area contributed by atoms with E-state index in [4.69, 9.17) is 9.47 Å². The Balaban J connectivity index is 2.01. The number of carbonyl (C=O) groups excluding carboxylic acids is 2. The summed E-state index contributed by atoms with van der Waals surface area (Å²) in [6, 6.07) is 11.3. The minimum atomic E-state index is -0.501. The molecule has 6 heteroatoms. The highest BCUT2D eigenvalue weighted by atomic mass is 16.5. The molecule has 0 spiro atoms. The molecular formula is C27H38N2O4. The molecule has 0 aliphatic carbocycles. The van der Waals surface area contributed by atoms with Gasteiger partial charge >= 0.3 is 11.9 Å². The molecule has 2 aromatic rings. The summed E-state index contributed by atoms with van der Waals surface area (Å²) in [6.07, 6.45) is 4.53. The Hall–Kier alpha value is -2.60. The lowest BCUT2D eigenvalue weighted by Crippen LogP contribution is -2.56. The number of nitrogens with one attached hydrogen (secondary N) is 2. The van der Waals surface area contributed by atoms with E-state index in [2.05, 4.69) is 37.1 Å². The van der Waals surface area contributed by atoms with Gasteiger partial charge in [-0.2, -0.15) is 0 Å². The van der Waals surface area contributed by atoms with Gasteiger partial charge in [-0.05, 0) is 49.8 Å².